The van der Waals surface area contributed by atoms with Gasteiger partial charge in [-0.15, -0.1) is 0 Å². The van der Waals surface area contributed by atoms with E-state index in [0.717, 1.165) is 17.5 Å². The molecule has 6 heteroatoms. The van der Waals surface area contributed by atoms with Gasteiger partial charge in [-0.05, 0) is 42.2 Å². The first-order valence-electron chi connectivity index (χ1n) is 9.96. The molecule has 6 nitrogen and oxygen atoms in total. The van der Waals surface area contributed by atoms with Crippen molar-refractivity contribution in [2.45, 2.75) is 26.8 Å². The minimum absolute atomic E-state index is 0.129. The van der Waals surface area contributed by atoms with E-state index in [9.17, 15) is 4.79 Å². The van der Waals surface area contributed by atoms with Gasteiger partial charge in [-0.3, -0.25) is 4.79 Å². The van der Waals surface area contributed by atoms with E-state index in [1.165, 1.54) is 5.56 Å². The fraction of sp³-hybridized carbons (Fsp3) is 0.250. The molecule has 0 fully saturated rings. The number of allylic oxidation sites excluding steroid dienone is 1. The summed E-state index contributed by atoms with van der Waals surface area (Å²) in [6.45, 7) is 4.53. The highest BCUT2D eigenvalue weighted by atomic mass is 16.5. The van der Waals surface area contributed by atoms with Gasteiger partial charge in [-0.25, -0.2) is 4.68 Å². The quantitative estimate of drug-likeness (QED) is 0.567. The first-order chi connectivity index (χ1) is 14.6. The maximum absolute atomic E-state index is 12.4. The summed E-state index contributed by atoms with van der Waals surface area (Å²) in [5.41, 5.74) is 3.41. The van der Waals surface area contributed by atoms with Crippen LogP contribution in [0.4, 0.5) is 5.82 Å². The Hall–Kier alpha value is -3.54. The first-order valence-corrected chi connectivity index (χ1v) is 9.96. The lowest BCUT2D eigenvalue weighted by atomic mass is 10.1. The second-order valence-corrected chi connectivity index (χ2v) is 6.79. The van der Waals surface area contributed by atoms with E-state index in [1.807, 2.05) is 31.2 Å². The third-order valence-electron chi connectivity index (χ3n) is 4.65. The smallest absolute Gasteiger partial charge is 0.263 e. The van der Waals surface area contributed by atoms with E-state index in [0.29, 0.717) is 23.9 Å². The number of amides is 1. The topological polar surface area (TPSA) is 65.4 Å². The number of nitrogens with zero attached hydrogens (tertiary/aromatic N) is 2. The van der Waals surface area contributed by atoms with Gasteiger partial charge in [0.1, 0.15) is 5.82 Å². The standard InChI is InChI=1S/C24H27N3O3/c1-4-6-19-11-12-21(22(15-19)29-3)30-17-24(28)26-23-13-14-25-27(23)16-20-9-7-18(5-2)8-10-20/h4,6-15H,5,16-17H2,1-3H3,(H,26,28)/b6-4+. The Morgan fingerprint density at radius 3 is 2.57 bits per heavy atom. The fourth-order valence-corrected chi connectivity index (χ4v) is 3.04. The largest absolute Gasteiger partial charge is 0.493 e. The third kappa shape index (κ3) is 5.50. The van der Waals surface area contributed by atoms with Crippen molar-refractivity contribution in [3.05, 3.63) is 77.5 Å². The highest BCUT2D eigenvalue weighted by Gasteiger charge is 2.11. The van der Waals surface area contributed by atoms with Crippen LogP contribution in [0.1, 0.15) is 30.5 Å². The molecule has 1 aromatic heterocycles. The number of rotatable bonds is 9. The molecule has 0 aliphatic heterocycles. The van der Waals surface area contributed by atoms with Crippen LogP contribution in [0.25, 0.3) is 6.08 Å². The average molecular weight is 405 g/mol. The van der Waals surface area contributed by atoms with Gasteiger partial charge in [0.2, 0.25) is 0 Å². The molecule has 0 aliphatic carbocycles. The Morgan fingerprint density at radius 2 is 1.87 bits per heavy atom. The summed E-state index contributed by atoms with van der Waals surface area (Å²) in [5, 5.41) is 7.17. The molecule has 3 aromatic rings. The first kappa shape index (κ1) is 21.2. The lowest BCUT2D eigenvalue weighted by Gasteiger charge is -2.12. The number of aromatic nitrogens is 2. The van der Waals surface area contributed by atoms with Gasteiger partial charge in [-0.1, -0.05) is 49.4 Å². The van der Waals surface area contributed by atoms with Crippen LogP contribution >= 0.6 is 0 Å². The number of carbonyl (C=O) groups is 1. The molecular formula is C24H27N3O3. The summed E-state index contributed by atoms with van der Waals surface area (Å²) >= 11 is 0. The number of methoxy groups -OCH3 is 1. The number of aryl methyl sites for hydroxylation is 1. The molecule has 30 heavy (non-hydrogen) atoms. The van der Waals surface area contributed by atoms with Crippen LogP contribution in [0.15, 0.2) is 60.8 Å². The van der Waals surface area contributed by atoms with Gasteiger partial charge in [0.25, 0.3) is 5.91 Å². The van der Waals surface area contributed by atoms with Crippen LogP contribution < -0.4 is 14.8 Å². The van der Waals surface area contributed by atoms with Gasteiger partial charge < -0.3 is 14.8 Å². The normalized spacial score (nSPS) is 10.9. The van der Waals surface area contributed by atoms with E-state index < -0.39 is 0 Å². The predicted molar refractivity (Wildman–Crippen MR) is 119 cm³/mol. The summed E-state index contributed by atoms with van der Waals surface area (Å²) < 4.78 is 12.8. The van der Waals surface area contributed by atoms with Crippen molar-refractivity contribution in [1.29, 1.82) is 0 Å². The second-order valence-electron chi connectivity index (χ2n) is 6.79. The van der Waals surface area contributed by atoms with Crippen molar-refractivity contribution in [2.24, 2.45) is 0 Å². The van der Waals surface area contributed by atoms with Crippen LogP contribution in [-0.4, -0.2) is 29.4 Å². The summed E-state index contributed by atoms with van der Waals surface area (Å²) in [6, 6.07) is 15.7. The van der Waals surface area contributed by atoms with Crippen LogP contribution in [0.5, 0.6) is 11.5 Å². The van der Waals surface area contributed by atoms with Crippen molar-refractivity contribution in [3.8, 4) is 11.5 Å². The van der Waals surface area contributed by atoms with Crippen LogP contribution in [0, 0.1) is 0 Å². The highest BCUT2D eigenvalue weighted by molar-refractivity contribution is 5.91. The molecule has 2 aromatic carbocycles. The zero-order valence-electron chi connectivity index (χ0n) is 17.6. The molecule has 0 spiro atoms. The molecule has 0 atom stereocenters. The van der Waals surface area contributed by atoms with E-state index >= 15 is 0 Å². The van der Waals surface area contributed by atoms with Gasteiger partial charge >= 0.3 is 0 Å². The molecule has 0 saturated heterocycles. The van der Waals surface area contributed by atoms with Gasteiger partial charge in [0.05, 0.1) is 19.9 Å². The zero-order chi connectivity index (χ0) is 21.3. The molecule has 0 saturated carbocycles. The summed E-state index contributed by atoms with van der Waals surface area (Å²) in [7, 11) is 1.58. The van der Waals surface area contributed by atoms with Gasteiger partial charge in [0, 0.05) is 6.07 Å². The Kier molecular flexibility index (Phi) is 7.27. The van der Waals surface area contributed by atoms with Crippen molar-refractivity contribution in [1.82, 2.24) is 9.78 Å². The lowest BCUT2D eigenvalue weighted by Crippen LogP contribution is -2.22. The van der Waals surface area contributed by atoms with E-state index in [2.05, 4.69) is 41.6 Å². The van der Waals surface area contributed by atoms with Crippen LogP contribution in [0.3, 0.4) is 0 Å². The van der Waals surface area contributed by atoms with Crippen molar-refractivity contribution in [3.63, 3.8) is 0 Å². The molecule has 156 valence electrons. The molecule has 0 aliphatic rings. The lowest BCUT2D eigenvalue weighted by molar-refractivity contribution is -0.118. The third-order valence-corrected chi connectivity index (χ3v) is 4.65. The molecule has 1 amide bonds. The maximum Gasteiger partial charge on any atom is 0.263 e. The summed E-state index contributed by atoms with van der Waals surface area (Å²) in [5.74, 6) is 1.46. The number of anilines is 1. The maximum atomic E-state index is 12.4. The van der Waals surface area contributed by atoms with Crippen LogP contribution in [0.2, 0.25) is 0 Å². The van der Waals surface area contributed by atoms with E-state index in [-0.39, 0.29) is 12.5 Å². The fourth-order valence-electron chi connectivity index (χ4n) is 3.04. The van der Waals surface area contributed by atoms with Crippen molar-refractivity contribution < 1.29 is 14.3 Å². The molecule has 1 N–H and O–H groups in total. The monoisotopic (exact) mass is 405 g/mol. The average Bonchev–Trinajstić information content (AvgIpc) is 3.19. The Labute approximate surface area is 177 Å². The predicted octanol–water partition coefficient (Wildman–Crippen LogP) is 4.55. The minimum atomic E-state index is -0.266. The van der Waals surface area contributed by atoms with E-state index in [4.69, 9.17) is 9.47 Å². The number of carbonyl (C=O) groups excluding carboxylic acids is 1. The highest BCUT2D eigenvalue weighted by Crippen LogP contribution is 2.28. The number of nitrogens with one attached hydrogen (secondary N) is 1. The molecule has 0 radical (unpaired) electrons. The SMILES string of the molecule is C/C=C/c1ccc(OCC(=O)Nc2ccnn2Cc2ccc(CC)cc2)c(OC)c1. The number of ether oxygens (including phenoxy) is 2. The number of hydrogen-bond acceptors (Lipinski definition) is 4. The van der Waals surface area contributed by atoms with Crippen molar-refractivity contribution in [2.75, 3.05) is 19.0 Å². The molecule has 3 rings (SSSR count). The van der Waals surface area contributed by atoms with E-state index in [1.54, 1.807) is 30.1 Å². The Bertz CT molecular complexity index is 1010. The van der Waals surface area contributed by atoms with Crippen molar-refractivity contribution >= 4 is 17.8 Å². The molecule has 0 unspecified atom stereocenters. The second kappa shape index (κ2) is 10.3. The minimum Gasteiger partial charge on any atom is -0.493 e. The zero-order valence-corrected chi connectivity index (χ0v) is 17.6. The Balaban J connectivity index is 1.60. The Morgan fingerprint density at radius 1 is 1.10 bits per heavy atom. The molecular weight excluding hydrogens is 378 g/mol. The molecule has 1 heterocycles. The molecule has 0 bridgehead atoms. The number of hydrogen-bond donors (Lipinski definition) is 1. The summed E-state index contributed by atoms with van der Waals surface area (Å²) in [6.07, 6.45) is 6.59. The van der Waals surface area contributed by atoms with Gasteiger partial charge in [0.15, 0.2) is 18.1 Å². The summed E-state index contributed by atoms with van der Waals surface area (Å²) in [4.78, 5) is 12.4. The number of benzene rings is 2. The van der Waals surface area contributed by atoms with Gasteiger partial charge in [-0.2, -0.15) is 5.10 Å². The van der Waals surface area contributed by atoms with Crippen LogP contribution in [-0.2, 0) is 17.8 Å².